The highest BCUT2D eigenvalue weighted by Gasteiger charge is 2.15. The Morgan fingerprint density at radius 1 is 1.24 bits per heavy atom. The normalized spacial score (nSPS) is 12.7. The maximum absolute atomic E-state index is 9.31. The van der Waals surface area contributed by atoms with Gasteiger partial charge in [-0.05, 0) is 42.3 Å². The molecule has 0 saturated heterocycles. The molecule has 3 rings (SSSR count). The SMILES string of the molecule is Cn1c(C(N)Cc2ccc(O)cc2)nc2cc(Cl)ccc21. The number of halogens is 1. The first-order chi connectivity index (χ1) is 10.0. The summed E-state index contributed by atoms with van der Waals surface area (Å²) in [5.74, 6) is 1.07. The Hall–Kier alpha value is -2.04. The molecule has 3 aromatic rings. The van der Waals surface area contributed by atoms with E-state index in [0.717, 1.165) is 22.4 Å². The molecule has 5 heteroatoms. The van der Waals surface area contributed by atoms with Crippen molar-refractivity contribution in [1.82, 2.24) is 9.55 Å². The first kappa shape index (κ1) is 13.9. The van der Waals surface area contributed by atoms with Crippen molar-refractivity contribution in [1.29, 1.82) is 0 Å². The number of nitrogens with zero attached hydrogens (tertiary/aromatic N) is 2. The molecule has 0 fully saturated rings. The molecule has 1 aromatic heterocycles. The molecule has 0 aliphatic rings. The number of hydrogen-bond donors (Lipinski definition) is 2. The number of rotatable bonds is 3. The fraction of sp³-hybridized carbons (Fsp3) is 0.188. The molecule has 1 heterocycles. The van der Waals surface area contributed by atoms with Crippen LogP contribution in [-0.2, 0) is 13.5 Å². The fourth-order valence-electron chi connectivity index (χ4n) is 2.50. The minimum Gasteiger partial charge on any atom is -0.508 e. The van der Waals surface area contributed by atoms with Gasteiger partial charge in [0.05, 0.1) is 17.1 Å². The van der Waals surface area contributed by atoms with Crippen LogP contribution in [0.15, 0.2) is 42.5 Å². The molecule has 0 saturated carbocycles. The Morgan fingerprint density at radius 3 is 2.67 bits per heavy atom. The molecule has 4 nitrogen and oxygen atoms in total. The zero-order valence-corrected chi connectivity index (χ0v) is 12.4. The Morgan fingerprint density at radius 2 is 1.95 bits per heavy atom. The Bertz CT molecular complexity index is 780. The van der Waals surface area contributed by atoms with Crippen molar-refractivity contribution in [3.8, 4) is 5.75 Å². The van der Waals surface area contributed by atoms with Crippen molar-refractivity contribution in [2.75, 3.05) is 0 Å². The van der Waals surface area contributed by atoms with E-state index in [1.54, 1.807) is 12.1 Å². The number of phenols is 1. The largest absolute Gasteiger partial charge is 0.508 e. The van der Waals surface area contributed by atoms with Crippen molar-refractivity contribution < 1.29 is 5.11 Å². The number of benzene rings is 2. The van der Waals surface area contributed by atoms with Crippen molar-refractivity contribution in [2.45, 2.75) is 12.5 Å². The van der Waals surface area contributed by atoms with Crippen molar-refractivity contribution in [2.24, 2.45) is 12.8 Å². The smallest absolute Gasteiger partial charge is 0.126 e. The molecule has 21 heavy (non-hydrogen) atoms. The van der Waals surface area contributed by atoms with Crippen LogP contribution in [0.3, 0.4) is 0 Å². The minimum atomic E-state index is -0.217. The number of aryl methyl sites for hydroxylation is 1. The van der Waals surface area contributed by atoms with Crippen LogP contribution in [0.25, 0.3) is 11.0 Å². The Balaban J connectivity index is 1.92. The molecule has 0 spiro atoms. The third-order valence-electron chi connectivity index (χ3n) is 3.60. The van der Waals surface area contributed by atoms with Crippen LogP contribution in [0, 0.1) is 0 Å². The summed E-state index contributed by atoms with van der Waals surface area (Å²) >= 11 is 6.00. The quantitative estimate of drug-likeness (QED) is 0.781. The molecule has 3 N–H and O–H groups in total. The lowest BCUT2D eigenvalue weighted by Crippen LogP contribution is -2.17. The van der Waals surface area contributed by atoms with Gasteiger partial charge < -0.3 is 15.4 Å². The number of fused-ring (bicyclic) bond motifs is 1. The number of aromatic nitrogens is 2. The zero-order chi connectivity index (χ0) is 15.0. The molecule has 0 amide bonds. The summed E-state index contributed by atoms with van der Waals surface area (Å²) in [7, 11) is 1.95. The molecule has 0 aliphatic carbocycles. The van der Waals surface area contributed by atoms with Crippen LogP contribution in [0.1, 0.15) is 17.4 Å². The highest BCUT2D eigenvalue weighted by atomic mass is 35.5. The summed E-state index contributed by atoms with van der Waals surface area (Å²) in [5.41, 5.74) is 9.21. The monoisotopic (exact) mass is 301 g/mol. The van der Waals surface area contributed by atoms with Crippen LogP contribution >= 0.6 is 11.6 Å². The summed E-state index contributed by atoms with van der Waals surface area (Å²) < 4.78 is 2.00. The van der Waals surface area contributed by atoms with E-state index < -0.39 is 0 Å². The van der Waals surface area contributed by atoms with Crippen molar-refractivity contribution in [3.05, 3.63) is 58.9 Å². The van der Waals surface area contributed by atoms with Gasteiger partial charge in [-0.3, -0.25) is 0 Å². The van der Waals surface area contributed by atoms with E-state index >= 15 is 0 Å². The van der Waals surface area contributed by atoms with E-state index in [4.69, 9.17) is 17.3 Å². The molecule has 108 valence electrons. The van der Waals surface area contributed by atoms with Gasteiger partial charge >= 0.3 is 0 Å². The van der Waals surface area contributed by atoms with Gasteiger partial charge in [0, 0.05) is 12.1 Å². The van der Waals surface area contributed by atoms with Crippen LogP contribution in [-0.4, -0.2) is 14.7 Å². The second kappa shape index (κ2) is 5.39. The van der Waals surface area contributed by atoms with E-state index in [1.165, 1.54) is 0 Å². The highest BCUT2D eigenvalue weighted by molar-refractivity contribution is 6.31. The number of nitrogens with two attached hydrogens (primary N) is 1. The number of aromatic hydroxyl groups is 1. The summed E-state index contributed by atoms with van der Waals surface area (Å²) in [6, 6.07) is 12.5. The van der Waals surface area contributed by atoms with Crippen molar-refractivity contribution in [3.63, 3.8) is 0 Å². The highest BCUT2D eigenvalue weighted by Crippen LogP contribution is 2.24. The van der Waals surface area contributed by atoms with Gasteiger partial charge in [0.2, 0.25) is 0 Å². The lowest BCUT2D eigenvalue weighted by atomic mass is 10.1. The minimum absolute atomic E-state index is 0.217. The van der Waals surface area contributed by atoms with Gasteiger partial charge in [-0.2, -0.15) is 0 Å². The molecule has 1 atom stereocenters. The third kappa shape index (κ3) is 2.73. The van der Waals surface area contributed by atoms with Crippen LogP contribution in [0.2, 0.25) is 5.02 Å². The average Bonchev–Trinajstić information content (AvgIpc) is 2.78. The number of hydrogen-bond acceptors (Lipinski definition) is 3. The maximum atomic E-state index is 9.31. The maximum Gasteiger partial charge on any atom is 0.126 e. The first-order valence-electron chi connectivity index (χ1n) is 6.70. The standard InChI is InChI=1S/C16H16ClN3O/c1-20-15-7-4-11(17)9-14(15)19-16(20)13(18)8-10-2-5-12(21)6-3-10/h2-7,9,13,21H,8,18H2,1H3. The van der Waals surface area contributed by atoms with E-state index in [1.807, 2.05) is 41.9 Å². The van der Waals surface area contributed by atoms with Gasteiger partial charge in [-0.25, -0.2) is 4.98 Å². The summed E-state index contributed by atoms with van der Waals surface area (Å²) in [5, 5.41) is 9.98. The number of imidazole rings is 1. The van der Waals surface area contributed by atoms with E-state index in [9.17, 15) is 5.11 Å². The molecular formula is C16H16ClN3O. The van der Waals surface area contributed by atoms with Crippen LogP contribution in [0.5, 0.6) is 5.75 Å². The van der Waals surface area contributed by atoms with E-state index in [0.29, 0.717) is 11.4 Å². The summed E-state index contributed by atoms with van der Waals surface area (Å²) in [6.07, 6.45) is 0.658. The number of phenolic OH excluding ortho intramolecular Hbond substituents is 1. The predicted molar refractivity (Wildman–Crippen MR) is 84.5 cm³/mol. The molecular weight excluding hydrogens is 286 g/mol. The lowest BCUT2D eigenvalue weighted by Gasteiger charge is -2.12. The molecule has 0 radical (unpaired) electrons. The second-order valence-corrected chi connectivity index (χ2v) is 5.58. The Labute approximate surface area is 127 Å². The van der Waals surface area contributed by atoms with E-state index in [2.05, 4.69) is 4.98 Å². The predicted octanol–water partition coefficient (Wildman–Crippen LogP) is 3.17. The average molecular weight is 302 g/mol. The third-order valence-corrected chi connectivity index (χ3v) is 3.84. The summed E-state index contributed by atoms with van der Waals surface area (Å²) in [4.78, 5) is 4.59. The van der Waals surface area contributed by atoms with Gasteiger partial charge in [0.1, 0.15) is 11.6 Å². The van der Waals surface area contributed by atoms with Gasteiger partial charge in [0.15, 0.2) is 0 Å². The second-order valence-electron chi connectivity index (χ2n) is 5.14. The molecule has 0 aliphatic heterocycles. The fourth-order valence-corrected chi connectivity index (χ4v) is 2.67. The van der Waals surface area contributed by atoms with Gasteiger partial charge in [0.25, 0.3) is 0 Å². The Kier molecular flexibility index (Phi) is 3.57. The van der Waals surface area contributed by atoms with Gasteiger partial charge in [-0.1, -0.05) is 23.7 Å². The van der Waals surface area contributed by atoms with E-state index in [-0.39, 0.29) is 11.8 Å². The van der Waals surface area contributed by atoms with Gasteiger partial charge in [-0.15, -0.1) is 0 Å². The van der Waals surface area contributed by atoms with Crippen LogP contribution < -0.4 is 5.73 Å². The van der Waals surface area contributed by atoms with Crippen LogP contribution in [0.4, 0.5) is 0 Å². The topological polar surface area (TPSA) is 64.1 Å². The molecule has 0 bridgehead atoms. The lowest BCUT2D eigenvalue weighted by molar-refractivity contribution is 0.475. The molecule has 2 aromatic carbocycles. The molecule has 1 unspecified atom stereocenters. The summed E-state index contributed by atoms with van der Waals surface area (Å²) in [6.45, 7) is 0. The zero-order valence-electron chi connectivity index (χ0n) is 11.6. The first-order valence-corrected chi connectivity index (χ1v) is 7.08. The van der Waals surface area contributed by atoms with Crippen molar-refractivity contribution >= 4 is 22.6 Å².